The first-order valence-corrected chi connectivity index (χ1v) is 8.00. The summed E-state index contributed by atoms with van der Waals surface area (Å²) in [6, 6.07) is 13.6. The minimum absolute atomic E-state index is 0.0631. The van der Waals surface area contributed by atoms with Crippen LogP contribution >= 0.6 is 0 Å². The van der Waals surface area contributed by atoms with Crippen LogP contribution in [0.25, 0.3) is 10.8 Å². The minimum atomic E-state index is -0.479. The van der Waals surface area contributed by atoms with E-state index in [1.54, 1.807) is 6.92 Å². The van der Waals surface area contributed by atoms with Gasteiger partial charge in [-0.25, -0.2) is 10.4 Å². The van der Waals surface area contributed by atoms with E-state index in [2.05, 4.69) is 25.8 Å². The smallest absolute Gasteiger partial charge is 0.291 e. The summed E-state index contributed by atoms with van der Waals surface area (Å²) in [4.78, 5) is 31.7. The summed E-state index contributed by atoms with van der Waals surface area (Å²) in [5.74, 6) is -0.692. The topological polar surface area (TPSA) is 96.3 Å². The van der Waals surface area contributed by atoms with E-state index < -0.39 is 5.91 Å². The summed E-state index contributed by atoms with van der Waals surface area (Å²) < 4.78 is 0. The van der Waals surface area contributed by atoms with Crippen molar-refractivity contribution in [2.75, 3.05) is 5.32 Å². The third-order valence-electron chi connectivity index (χ3n) is 3.59. The number of nitrogens with zero attached hydrogens (tertiary/aromatic N) is 3. The zero-order valence-corrected chi connectivity index (χ0v) is 14.1. The van der Waals surface area contributed by atoms with Crippen LogP contribution in [0.5, 0.6) is 0 Å². The van der Waals surface area contributed by atoms with E-state index in [4.69, 9.17) is 0 Å². The Morgan fingerprint density at radius 1 is 1.08 bits per heavy atom. The molecule has 0 saturated carbocycles. The van der Waals surface area contributed by atoms with Gasteiger partial charge in [0, 0.05) is 23.8 Å². The first-order chi connectivity index (χ1) is 12.6. The second-order valence-corrected chi connectivity index (χ2v) is 5.67. The van der Waals surface area contributed by atoms with E-state index in [9.17, 15) is 9.59 Å². The van der Waals surface area contributed by atoms with Gasteiger partial charge in [-0.3, -0.25) is 14.6 Å². The number of benzene rings is 2. The van der Waals surface area contributed by atoms with Crippen molar-refractivity contribution in [3.8, 4) is 0 Å². The Kier molecular flexibility index (Phi) is 5.28. The summed E-state index contributed by atoms with van der Waals surface area (Å²) in [5, 5.41) is 8.90. The molecule has 0 saturated heterocycles. The molecule has 0 aliphatic heterocycles. The van der Waals surface area contributed by atoms with Crippen molar-refractivity contribution in [1.29, 1.82) is 0 Å². The third-order valence-corrected chi connectivity index (χ3v) is 3.59. The monoisotopic (exact) mass is 347 g/mol. The van der Waals surface area contributed by atoms with Crippen molar-refractivity contribution < 1.29 is 9.59 Å². The van der Waals surface area contributed by atoms with Crippen LogP contribution in [0.15, 0.2) is 66.2 Å². The molecule has 0 unspecified atom stereocenters. The zero-order chi connectivity index (χ0) is 18.4. The minimum Gasteiger partial charge on any atom is -0.326 e. The Bertz CT molecular complexity index is 970. The maximum absolute atomic E-state index is 12.1. The predicted octanol–water partition coefficient (Wildman–Crippen LogP) is 2.76. The standard InChI is InChI=1S/C19H17N5O2/c1-13(23-24-19(26)17-12-20-8-9-21-17)10-18(25)22-16-7-6-14-4-2-3-5-15(14)11-16/h2-9,11-12H,10H2,1H3,(H,22,25)(H,24,26)/b23-13-. The van der Waals surface area contributed by atoms with Gasteiger partial charge in [0.15, 0.2) is 0 Å². The number of hydrazone groups is 1. The van der Waals surface area contributed by atoms with Gasteiger partial charge < -0.3 is 5.32 Å². The van der Waals surface area contributed by atoms with Crippen LogP contribution in [0.3, 0.4) is 0 Å². The summed E-state index contributed by atoms with van der Waals surface area (Å²) in [6.45, 7) is 1.66. The highest BCUT2D eigenvalue weighted by Gasteiger charge is 2.08. The molecule has 26 heavy (non-hydrogen) atoms. The normalized spacial score (nSPS) is 11.2. The predicted molar refractivity (Wildman–Crippen MR) is 99.8 cm³/mol. The number of fused-ring (bicyclic) bond motifs is 1. The summed E-state index contributed by atoms with van der Waals surface area (Å²) in [7, 11) is 0. The van der Waals surface area contributed by atoms with E-state index >= 15 is 0 Å². The average molecular weight is 347 g/mol. The molecule has 130 valence electrons. The van der Waals surface area contributed by atoms with E-state index in [0.29, 0.717) is 11.4 Å². The Morgan fingerprint density at radius 3 is 2.65 bits per heavy atom. The fraction of sp³-hybridized carbons (Fsp3) is 0.105. The Balaban J connectivity index is 1.57. The molecular formula is C19H17N5O2. The lowest BCUT2D eigenvalue weighted by atomic mass is 10.1. The number of amides is 2. The number of hydrogen-bond acceptors (Lipinski definition) is 5. The highest BCUT2D eigenvalue weighted by molar-refractivity contribution is 6.06. The fourth-order valence-corrected chi connectivity index (χ4v) is 2.36. The molecule has 0 fully saturated rings. The molecule has 0 atom stereocenters. The van der Waals surface area contributed by atoms with Crippen molar-refractivity contribution in [1.82, 2.24) is 15.4 Å². The first-order valence-electron chi connectivity index (χ1n) is 8.00. The van der Waals surface area contributed by atoms with E-state index in [0.717, 1.165) is 10.8 Å². The molecule has 1 heterocycles. The molecule has 2 aromatic carbocycles. The third kappa shape index (κ3) is 4.47. The van der Waals surface area contributed by atoms with Crippen LogP contribution in [0.2, 0.25) is 0 Å². The van der Waals surface area contributed by atoms with Crippen molar-refractivity contribution in [3.05, 3.63) is 66.7 Å². The van der Waals surface area contributed by atoms with Crippen LogP contribution in [0.1, 0.15) is 23.8 Å². The number of rotatable bonds is 5. The van der Waals surface area contributed by atoms with Crippen LogP contribution in [-0.4, -0.2) is 27.5 Å². The molecule has 3 aromatic rings. The number of aromatic nitrogens is 2. The Hall–Kier alpha value is -3.61. The van der Waals surface area contributed by atoms with Crippen LogP contribution in [0, 0.1) is 0 Å². The van der Waals surface area contributed by atoms with Gasteiger partial charge in [-0.05, 0) is 29.8 Å². The van der Waals surface area contributed by atoms with Crippen molar-refractivity contribution >= 4 is 34.0 Å². The molecule has 3 rings (SSSR count). The van der Waals surface area contributed by atoms with Gasteiger partial charge >= 0.3 is 0 Å². The number of carbonyl (C=O) groups is 2. The van der Waals surface area contributed by atoms with Gasteiger partial charge in [0.25, 0.3) is 5.91 Å². The lowest BCUT2D eigenvalue weighted by molar-refractivity contribution is -0.115. The van der Waals surface area contributed by atoms with Gasteiger partial charge in [-0.1, -0.05) is 30.3 Å². The van der Waals surface area contributed by atoms with Crippen molar-refractivity contribution in [3.63, 3.8) is 0 Å². The molecule has 1 aromatic heterocycles. The van der Waals surface area contributed by atoms with Crippen molar-refractivity contribution in [2.45, 2.75) is 13.3 Å². The van der Waals surface area contributed by atoms with E-state index in [-0.39, 0.29) is 18.0 Å². The average Bonchev–Trinajstić information content (AvgIpc) is 2.66. The number of anilines is 1. The molecule has 0 radical (unpaired) electrons. The number of hydrogen-bond donors (Lipinski definition) is 2. The molecule has 2 N–H and O–H groups in total. The maximum atomic E-state index is 12.1. The Labute approximate surface area is 150 Å². The summed E-state index contributed by atoms with van der Waals surface area (Å²) in [6.07, 6.45) is 4.30. The first kappa shape index (κ1) is 17.2. The molecule has 0 bridgehead atoms. The van der Waals surface area contributed by atoms with Gasteiger partial charge in [0.05, 0.1) is 12.6 Å². The quantitative estimate of drug-likeness (QED) is 0.548. The highest BCUT2D eigenvalue weighted by Crippen LogP contribution is 2.18. The van der Waals surface area contributed by atoms with Gasteiger partial charge in [0.1, 0.15) is 5.69 Å². The second-order valence-electron chi connectivity index (χ2n) is 5.67. The molecule has 7 nitrogen and oxygen atoms in total. The molecule has 0 spiro atoms. The summed E-state index contributed by atoms with van der Waals surface area (Å²) in [5.41, 5.74) is 3.70. The lowest BCUT2D eigenvalue weighted by Crippen LogP contribution is -2.22. The second kappa shape index (κ2) is 7.98. The Morgan fingerprint density at radius 2 is 1.88 bits per heavy atom. The zero-order valence-electron chi connectivity index (χ0n) is 14.1. The molecule has 2 amide bonds. The molecule has 0 aliphatic rings. The molecular weight excluding hydrogens is 330 g/mol. The fourth-order valence-electron chi connectivity index (χ4n) is 2.36. The number of carbonyl (C=O) groups excluding carboxylic acids is 2. The molecule has 0 aliphatic carbocycles. The van der Waals surface area contributed by atoms with Crippen molar-refractivity contribution in [2.24, 2.45) is 5.10 Å². The van der Waals surface area contributed by atoms with E-state index in [1.165, 1.54) is 18.6 Å². The van der Waals surface area contributed by atoms with Gasteiger partial charge in [-0.2, -0.15) is 5.10 Å². The summed E-state index contributed by atoms with van der Waals surface area (Å²) >= 11 is 0. The SMILES string of the molecule is C/C(CC(=O)Nc1ccc2ccccc2c1)=N/NC(=O)c1cnccn1. The van der Waals surface area contributed by atoms with Gasteiger partial charge in [-0.15, -0.1) is 0 Å². The maximum Gasteiger partial charge on any atom is 0.291 e. The highest BCUT2D eigenvalue weighted by atomic mass is 16.2. The van der Waals surface area contributed by atoms with Crippen LogP contribution < -0.4 is 10.7 Å². The molecule has 7 heteroatoms. The van der Waals surface area contributed by atoms with Crippen LogP contribution in [0.4, 0.5) is 5.69 Å². The van der Waals surface area contributed by atoms with Crippen LogP contribution in [-0.2, 0) is 4.79 Å². The van der Waals surface area contributed by atoms with Gasteiger partial charge in [0.2, 0.25) is 5.91 Å². The number of nitrogens with one attached hydrogen (secondary N) is 2. The largest absolute Gasteiger partial charge is 0.326 e. The van der Waals surface area contributed by atoms with E-state index in [1.807, 2.05) is 42.5 Å². The lowest BCUT2D eigenvalue weighted by Gasteiger charge is -2.07.